The molecule has 0 aromatic carbocycles. The fourth-order valence-electron chi connectivity index (χ4n) is 1.83. The number of likely N-dealkylation sites (tertiary alicyclic amines) is 1. The molecular formula is C10H15N3O3S2. The number of anilines is 1. The van der Waals surface area contributed by atoms with Crippen molar-refractivity contribution in [3.63, 3.8) is 0 Å². The molecule has 18 heavy (non-hydrogen) atoms. The van der Waals surface area contributed by atoms with Crippen LogP contribution in [0.5, 0.6) is 0 Å². The van der Waals surface area contributed by atoms with Crippen LogP contribution in [0.2, 0.25) is 0 Å². The molecule has 0 unspecified atom stereocenters. The Balaban J connectivity index is 1.96. The topological polar surface area (TPSA) is 79.4 Å². The van der Waals surface area contributed by atoms with Gasteiger partial charge in [-0.1, -0.05) is 0 Å². The summed E-state index contributed by atoms with van der Waals surface area (Å²) in [5.74, 6) is 0.0590. The molecule has 0 aliphatic carbocycles. The number of hydrogen-bond donors (Lipinski definition) is 1. The normalized spacial score (nSPS) is 15.9. The summed E-state index contributed by atoms with van der Waals surface area (Å²) >= 11 is 1.19. The number of aromatic nitrogens is 1. The molecule has 2 heterocycles. The van der Waals surface area contributed by atoms with E-state index in [9.17, 15) is 13.2 Å². The summed E-state index contributed by atoms with van der Waals surface area (Å²) in [4.78, 5) is 17.8. The van der Waals surface area contributed by atoms with Gasteiger partial charge in [0.2, 0.25) is 15.9 Å². The van der Waals surface area contributed by atoms with E-state index in [1.807, 2.05) is 4.90 Å². The molecule has 1 saturated heterocycles. The lowest BCUT2D eigenvalue weighted by Crippen LogP contribution is -2.29. The molecule has 0 radical (unpaired) electrons. The van der Waals surface area contributed by atoms with E-state index in [0.717, 1.165) is 32.2 Å². The second-order valence-corrected chi connectivity index (χ2v) is 6.89. The number of nitrogens with one attached hydrogen (secondary N) is 1. The average Bonchev–Trinajstić information content (AvgIpc) is 2.86. The Morgan fingerprint density at radius 1 is 1.50 bits per heavy atom. The van der Waals surface area contributed by atoms with Gasteiger partial charge >= 0.3 is 0 Å². The molecule has 1 amide bonds. The first-order valence-electron chi connectivity index (χ1n) is 5.64. The molecule has 1 aromatic rings. The van der Waals surface area contributed by atoms with Crippen molar-refractivity contribution in [2.75, 3.05) is 24.1 Å². The third-order valence-electron chi connectivity index (χ3n) is 2.62. The molecule has 0 saturated carbocycles. The van der Waals surface area contributed by atoms with Crippen LogP contribution in [0, 0.1) is 0 Å². The minimum atomic E-state index is -3.31. The lowest BCUT2D eigenvalue weighted by molar-refractivity contribution is -0.129. The summed E-state index contributed by atoms with van der Waals surface area (Å²) in [6, 6.07) is 0. The van der Waals surface area contributed by atoms with Gasteiger partial charge in [-0.25, -0.2) is 13.4 Å². The fourth-order valence-corrected chi connectivity index (χ4v) is 3.39. The van der Waals surface area contributed by atoms with Gasteiger partial charge in [0.05, 0.1) is 18.4 Å². The molecule has 100 valence electrons. The van der Waals surface area contributed by atoms with Gasteiger partial charge in [0.1, 0.15) is 0 Å². The van der Waals surface area contributed by atoms with Crippen molar-refractivity contribution in [1.29, 1.82) is 0 Å². The van der Waals surface area contributed by atoms with Crippen molar-refractivity contribution >= 4 is 32.4 Å². The molecule has 1 aliphatic rings. The molecule has 2 rings (SSSR count). The number of thiazole rings is 1. The number of carbonyl (C=O) groups is 1. The highest BCUT2D eigenvalue weighted by molar-refractivity contribution is 7.92. The fraction of sp³-hybridized carbons (Fsp3) is 0.600. The Hall–Kier alpha value is -1.15. The highest BCUT2D eigenvalue weighted by Gasteiger charge is 2.19. The van der Waals surface area contributed by atoms with Crippen LogP contribution in [0.15, 0.2) is 5.38 Å². The number of nitrogens with zero attached hydrogens (tertiary/aromatic N) is 2. The third-order valence-corrected chi connectivity index (χ3v) is 4.12. The van der Waals surface area contributed by atoms with Gasteiger partial charge < -0.3 is 4.90 Å². The van der Waals surface area contributed by atoms with Crippen molar-refractivity contribution < 1.29 is 13.2 Å². The van der Waals surface area contributed by atoms with E-state index in [1.165, 1.54) is 11.3 Å². The van der Waals surface area contributed by atoms with Crippen LogP contribution in [0.1, 0.15) is 18.5 Å². The minimum absolute atomic E-state index is 0.0590. The largest absolute Gasteiger partial charge is 0.342 e. The van der Waals surface area contributed by atoms with E-state index < -0.39 is 10.0 Å². The Kier molecular flexibility index (Phi) is 3.86. The zero-order valence-corrected chi connectivity index (χ0v) is 11.7. The molecule has 0 spiro atoms. The quantitative estimate of drug-likeness (QED) is 0.884. The van der Waals surface area contributed by atoms with Crippen LogP contribution >= 0.6 is 11.3 Å². The highest BCUT2D eigenvalue weighted by atomic mass is 32.2. The molecule has 1 aromatic heterocycles. The molecule has 1 N–H and O–H groups in total. The van der Waals surface area contributed by atoms with Crippen LogP contribution in [-0.4, -0.2) is 43.6 Å². The molecule has 1 fully saturated rings. The molecule has 8 heteroatoms. The Bertz CT molecular complexity index is 532. The summed E-state index contributed by atoms with van der Waals surface area (Å²) in [7, 11) is -3.31. The van der Waals surface area contributed by atoms with Gasteiger partial charge in [0.25, 0.3) is 0 Å². The number of carbonyl (C=O) groups excluding carboxylic acids is 1. The predicted molar refractivity (Wildman–Crippen MR) is 70.1 cm³/mol. The molecule has 0 bridgehead atoms. The Morgan fingerprint density at radius 3 is 2.78 bits per heavy atom. The molecule has 6 nitrogen and oxygen atoms in total. The zero-order chi connectivity index (χ0) is 13.2. The second kappa shape index (κ2) is 5.23. The van der Waals surface area contributed by atoms with E-state index in [-0.39, 0.29) is 12.3 Å². The summed E-state index contributed by atoms with van der Waals surface area (Å²) < 4.78 is 24.3. The van der Waals surface area contributed by atoms with Gasteiger partial charge in [-0.2, -0.15) is 0 Å². The molecular weight excluding hydrogens is 274 g/mol. The second-order valence-electron chi connectivity index (χ2n) is 4.28. The third kappa shape index (κ3) is 3.67. The predicted octanol–water partition coefficient (Wildman–Crippen LogP) is 0.679. The van der Waals surface area contributed by atoms with Crippen LogP contribution in [0.3, 0.4) is 0 Å². The van der Waals surface area contributed by atoms with E-state index in [1.54, 1.807) is 5.38 Å². The van der Waals surface area contributed by atoms with Crippen LogP contribution < -0.4 is 4.72 Å². The maximum atomic E-state index is 11.9. The van der Waals surface area contributed by atoms with Gasteiger partial charge in [0.15, 0.2) is 5.13 Å². The average molecular weight is 289 g/mol. The van der Waals surface area contributed by atoms with E-state index in [2.05, 4.69) is 9.71 Å². The number of rotatable bonds is 4. The zero-order valence-electron chi connectivity index (χ0n) is 10.0. The van der Waals surface area contributed by atoms with Crippen LogP contribution in [-0.2, 0) is 21.2 Å². The van der Waals surface area contributed by atoms with Gasteiger partial charge in [-0.15, -0.1) is 11.3 Å². The van der Waals surface area contributed by atoms with Crippen molar-refractivity contribution in [1.82, 2.24) is 9.88 Å². The summed E-state index contributed by atoms with van der Waals surface area (Å²) in [5.41, 5.74) is 0.614. The smallest absolute Gasteiger partial charge is 0.231 e. The van der Waals surface area contributed by atoms with Crippen LogP contribution in [0.4, 0.5) is 5.13 Å². The number of hydrogen-bond acceptors (Lipinski definition) is 5. The van der Waals surface area contributed by atoms with Crippen molar-refractivity contribution in [2.45, 2.75) is 19.3 Å². The van der Waals surface area contributed by atoms with Crippen LogP contribution in [0.25, 0.3) is 0 Å². The standard InChI is InChI=1S/C10H15N3O3S2/c1-18(15,16)12-10-11-8(7-17-10)6-9(14)13-4-2-3-5-13/h7H,2-6H2,1H3,(H,11,12). The van der Waals surface area contributed by atoms with Gasteiger partial charge in [-0.3, -0.25) is 9.52 Å². The number of amides is 1. The first kappa shape index (κ1) is 13.3. The highest BCUT2D eigenvalue weighted by Crippen LogP contribution is 2.18. The molecule has 1 aliphatic heterocycles. The van der Waals surface area contributed by atoms with Crippen molar-refractivity contribution in [3.8, 4) is 0 Å². The maximum Gasteiger partial charge on any atom is 0.231 e. The summed E-state index contributed by atoms with van der Waals surface area (Å²) in [5, 5.41) is 2.02. The Morgan fingerprint density at radius 2 is 2.17 bits per heavy atom. The van der Waals surface area contributed by atoms with E-state index in [0.29, 0.717) is 10.8 Å². The lowest BCUT2D eigenvalue weighted by atomic mass is 10.3. The minimum Gasteiger partial charge on any atom is -0.342 e. The first-order chi connectivity index (χ1) is 8.44. The van der Waals surface area contributed by atoms with Gasteiger partial charge in [-0.05, 0) is 12.8 Å². The monoisotopic (exact) mass is 289 g/mol. The molecule has 0 atom stereocenters. The first-order valence-corrected chi connectivity index (χ1v) is 8.41. The van der Waals surface area contributed by atoms with Gasteiger partial charge in [0, 0.05) is 18.5 Å². The van der Waals surface area contributed by atoms with Crippen molar-refractivity contribution in [2.24, 2.45) is 0 Å². The maximum absolute atomic E-state index is 11.9. The summed E-state index contributed by atoms with van der Waals surface area (Å²) in [6.45, 7) is 1.63. The lowest BCUT2D eigenvalue weighted by Gasteiger charge is -2.13. The van der Waals surface area contributed by atoms with E-state index >= 15 is 0 Å². The van der Waals surface area contributed by atoms with Crippen molar-refractivity contribution in [3.05, 3.63) is 11.1 Å². The summed E-state index contributed by atoms with van der Waals surface area (Å²) in [6.07, 6.45) is 3.43. The SMILES string of the molecule is CS(=O)(=O)Nc1nc(CC(=O)N2CCCC2)cs1. The Labute approximate surface area is 110 Å². The number of sulfonamides is 1. The van der Waals surface area contributed by atoms with E-state index in [4.69, 9.17) is 0 Å².